The molecule has 0 aromatic heterocycles. The molecule has 144 valence electrons. The Bertz CT molecular complexity index is 804. The first-order valence-corrected chi connectivity index (χ1v) is 9.68. The highest BCUT2D eigenvalue weighted by Gasteiger charge is 2.20. The predicted molar refractivity (Wildman–Crippen MR) is 112 cm³/mol. The Balaban J connectivity index is 1.72. The minimum absolute atomic E-state index is 0.0628. The highest BCUT2D eigenvalue weighted by atomic mass is 16.5. The second kappa shape index (κ2) is 8.33. The number of nitrogens with one attached hydrogen (secondary N) is 1. The summed E-state index contributed by atoms with van der Waals surface area (Å²) < 4.78 is 5.66. The van der Waals surface area contributed by atoms with Gasteiger partial charge in [-0.05, 0) is 76.4 Å². The first-order chi connectivity index (χ1) is 12.9. The molecule has 1 fully saturated rings. The molecule has 5 nitrogen and oxygen atoms in total. The van der Waals surface area contributed by atoms with Gasteiger partial charge in [0.1, 0.15) is 5.75 Å². The molecule has 1 aliphatic rings. The molecule has 1 heterocycles. The Morgan fingerprint density at radius 1 is 1.22 bits per heavy atom. The molecule has 0 saturated carbocycles. The van der Waals surface area contributed by atoms with Crippen LogP contribution in [0, 0.1) is 0 Å². The van der Waals surface area contributed by atoms with E-state index in [1.807, 2.05) is 44.2 Å². The number of hydrogen-bond acceptors (Lipinski definition) is 4. The molecule has 1 aliphatic heterocycles. The lowest BCUT2D eigenvalue weighted by Crippen LogP contribution is -2.37. The molecule has 3 rings (SSSR count). The molecule has 1 atom stereocenters. The van der Waals surface area contributed by atoms with E-state index in [1.165, 1.54) is 19.3 Å². The third kappa shape index (κ3) is 4.73. The SMILES string of the molecule is CC(C)Oc1cccc(C(=O)Nc2ccc(N3CCCC[C@H]3C)c(N)c2)c1. The van der Waals surface area contributed by atoms with E-state index in [-0.39, 0.29) is 12.0 Å². The average molecular weight is 367 g/mol. The Hall–Kier alpha value is -2.69. The molecule has 3 N–H and O–H groups in total. The second-order valence-corrected chi connectivity index (χ2v) is 7.46. The van der Waals surface area contributed by atoms with Crippen LogP contribution in [0.3, 0.4) is 0 Å². The third-order valence-corrected chi connectivity index (χ3v) is 4.87. The second-order valence-electron chi connectivity index (χ2n) is 7.46. The van der Waals surface area contributed by atoms with Crippen LogP contribution in [-0.4, -0.2) is 24.6 Å². The van der Waals surface area contributed by atoms with Gasteiger partial charge in [0.05, 0.1) is 17.5 Å². The molecule has 5 heteroatoms. The number of amides is 1. The van der Waals surface area contributed by atoms with Gasteiger partial charge in [-0.2, -0.15) is 0 Å². The predicted octanol–water partition coefficient (Wildman–Crippen LogP) is 4.69. The van der Waals surface area contributed by atoms with Crippen molar-refractivity contribution in [1.29, 1.82) is 0 Å². The number of piperidine rings is 1. The van der Waals surface area contributed by atoms with Crippen molar-refractivity contribution in [1.82, 2.24) is 0 Å². The maximum Gasteiger partial charge on any atom is 0.255 e. The summed E-state index contributed by atoms with van der Waals surface area (Å²) in [6, 6.07) is 13.4. The van der Waals surface area contributed by atoms with Crippen LogP contribution in [-0.2, 0) is 0 Å². The largest absolute Gasteiger partial charge is 0.491 e. The van der Waals surface area contributed by atoms with Crippen LogP contribution >= 0.6 is 0 Å². The smallest absolute Gasteiger partial charge is 0.255 e. The van der Waals surface area contributed by atoms with Crippen molar-refractivity contribution in [2.24, 2.45) is 0 Å². The fourth-order valence-corrected chi connectivity index (χ4v) is 3.54. The number of benzene rings is 2. The van der Waals surface area contributed by atoms with E-state index in [9.17, 15) is 4.79 Å². The van der Waals surface area contributed by atoms with E-state index in [0.717, 1.165) is 12.2 Å². The molecule has 27 heavy (non-hydrogen) atoms. The van der Waals surface area contributed by atoms with E-state index in [0.29, 0.717) is 28.7 Å². The molecule has 0 bridgehead atoms. The van der Waals surface area contributed by atoms with Crippen LogP contribution < -0.4 is 20.7 Å². The van der Waals surface area contributed by atoms with Gasteiger partial charge in [-0.3, -0.25) is 4.79 Å². The number of carbonyl (C=O) groups is 1. The maximum atomic E-state index is 12.6. The van der Waals surface area contributed by atoms with Crippen molar-refractivity contribution in [3.8, 4) is 5.75 Å². The number of nitrogens with two attached hydrogens (primary N) is 1. The summed E-state index contributed by atoms with van der Waals surface area (Å²) >= 11 is 0. The molecule has 1 amide bonds. The van der Waals surface area contributed by atoms with Crippen molar-refractivity contribution in [3.05, 3.63) is 48.0 Å². The Morgan fingerprint density at radius 2 is 2.04 bits per heavy atom. The topological polar surface area (TPSA) is 67.6 Å². The monoisotopic (exact) mass is 367 g/mol. The van der Waals surface area contributed by atoms with Gasteiger partial charge >= 0.3 is 0 Å². The van der Waals surface area contributed by atoms with Crippen molar-refractivity contribution in [3.63, 3.8) is 0 Å². The molecule has 0 aliphatic carbocycles. The molecule has 1 saturated heterocycles. The zero-order valence-electron chi connectivity index (χ0n) is 16.4. The van der Waals surface area contributed by atoms with Crippen LogP contribution in [0.4, 0.5) is 17.1 Å². The van der Waals surface area contributed by atoms with Crippen LogP contribution in [0.5, 0.6) is 5.75 Å². The summed E-state index contributed by atoms with van der Waals surface area (Å²) in [6.45, 7) is 7.18. The first-order valence-electron chi connectivity index (χ1n) is 9.68. The number of anilines is 3. The first kappa shape index (κ1) is 19.1. The lowest BCUT2D eigenvalue weighted by atomic mass is 10.0. The number of nitrogens with zero attached hydrogens (tertiary/aromatic N) is 1. The third-order valence-electron chi connectivity index (χ3n) is 4.87. The number of ether oxygens (including phenoxy) is 1. The van der Waals surface area contributed by atoms with Gasteiger partial charge in [0.25, 0.3) is 5.91 Å². The van der Waals surface area contributed by atoms with Crippen molar-refractivity contribution in [2.75, 3.05) is 22.5 Å². The Morgan fingerprint density at radius 3 is 2.74 bits per heavy atom. The van der Waals surface area contributed by atoms with Crippen LogP contribution in [0.25, 0.3) is 0 Å². The maximum absolute atomic E-state index is 12.6. The summed E-state index contributed by atoms with van der Waals surface area (Å²) in [4.78, 5) is 14.9. The van der Waals surface area contributed by atoms with Gasteiger partial charge < -0.3 is 20.7 Å². The quantitative estimate of drug-likeness (QED) is 0.753. The average Bonchev–Trinajstić information content (AvgIpc) is 2.62. The molecule has 0 spiro atoms. The van der Waals surface area contributed by atoms with Crippen LogP contribution in [0.1, 0.15) is 50.4 Å². The lowest BCUT2D eigenvalue weighted by Gasteiger charge is -2.36. The van der Waals surface area contributed by atoms with Gasteiger partial charge in [-0.15, -0.1) is 0 Å². The standard InChI is InChI=1S/C22H29N3O2/c1-15(2)27-19-9-6-8-17(13-19)22(26)24-18-10-11-21(20(23)14-18)25-12-5-4-7-16(25)3/h6,8-11,13-16H,4-5,7,12,23H2,1-3H3,(H,24,26)/t16-/m1/s1. The van der Waals surface area contributed by atoms with E-state index < -0.39 is 0 Å². The molecule has 2 aromatic rings. The van der Waals surface area contributed by atoms with Gasteiger partial charge in [0, 0.05) is 23.8 Å². The molecular formula is C22H29N3O2. The van der Waals surface area contributed by atoms with E-state index in [1.54, 1.807) is 12.1 Å². The summed E-state index contributed by atoms with van der Waals surface area (Å²) in [6.07, 6.45) is 3.71. The summed E-state index contributed by atoms with van der Waals surface area (Å²) in [5, 5.41) is 2.93. The Labute approximate surface area is 161 Å². The number of hydrogen-bond donors (Lipinski definition) is 2. The van der Waals surface area contributed by atoms with Crippen LogP contribution in [0.15, 0.2) is 42.5 Å². The van der Waals surface area contributed by atoms with E-state index in [2.05, 4.69) is 17.1 Å². The number of rotatable bonds is 5. The van der Waals surface area contributed by atoms with Crippen LogP contribution in [0.2, 0.25) is 0 Å². The summed E-state index contributed by atoms with van der Waals surface area (Å²) in [7, 11) is 0. The van der Waals surface area contributed by atoms with Crippen molar-refractivity contribution < 1.29 is 9.53 Å². The fourth-order valence-electron chi connectivity index (χ4n) is 3.54. The van der Waals surface area contributed by atoms with Gasteiger partial charge in [0.2, 0.25) is 0 Å². The zero-order valence-corrected chi connectivity index (χ0v) is 16.4. The van der Waals surface area contributed by atoms with Gasteiger partial charge in [-0.25, -0.2) is 0 Å². The van der Waals surface area contributed by atoms with Gasteiger partial charge in [-0.1, -0.05) is 6.07 Å². The highest BCUT2D eigenvalue weighted by molar-refractivity contribution is 6.04. The molecule has 0 radical (unpaired) electrons. The minimum Gasteiger partial charge on any atom is -0.491 e. The highest BCUT2D eigenvalue weighted by Crippen LogP contribution is 2.31. The van der Waals surface area contributed by atoms with Gasteiger partial charge in [0.15, 0.2) is 0 Å². The number of nitrogen functional groups attached to an aromatic ring is 1. The van der Waals surface area contributed by atoms with E-state index in [4.69, 9.17) is 10.5 Å². The normalized spacial score (nSPS) is 17.0. The summed E-state index contributed by atoms with van der Waals surface area (Å²) in [5.74, 6) is 0.509. The molecule has 0 unspecified atom stereocenters. The number of carbonyl (C=O) groups excluding carboxylic acids is 1. The van der Waals surface area contributed by atoms with Crippen molar-refractivity contribution >= 4 is 23.0 Å². The lowest BCUT2D eigenvalue weighted by molar-refractivity contribution is 0.102. The fraction of sp³-hybridized carbons (Fsp3) is 0.409. The Kier molecular flexibility index (Phi) is 5.89. The summed E-state index contributed by atoms with van der Waals surface area (Å²) in [5.41, 5.74) is 9.29. The van der Waals surface area contributed by atoms with E-state index >= 15 is 0 Å². The molecular weight excluding hydrogens is 338 g/mol. The minimum atomic E-state index is -0.178. The molecule has 2 aromatic carbocycles. The van der Waals surface area contributed by atoms with Crippen molar-refractivity contribution in [2.45, 2.75) is 52.2 Å². The zero-order chi connectivity index (χ0) is 19.4.